The van der Waals surface area contributed by atoms with Crippen molar-refractivity contribution in [2.24, 2.45) is 5.92 Å². The van der Waals surface area contributed by atoms with Crippen LogP contribution in [0.5, 0.6) is 0 Å². The summed E-state index contributed by atoms with van der Waals surface area (Å²) < 4.78 is 0. The highest BCUT2D eigenvalue weighted by molar-refractivity contribution is 5.27. The highest BCUT2D eigenvalue weighted by Gasteiger charge is 2.01. The average molecular weight is 545 g/mol. The van der Waals surface area contributed by atoms with Gasteiger partial charge in [-0.3, -0.25) is 0 Å². The van der Waals surface area contributed by atoms with Crippen molar-refractivity contribution in [3.05, 3.63) is 106 Å². The SMILES string of the molecule is CC(C)=CCCC(C)=CCCC(C)=CCCC(C)=CC=CC=C(C)C=CC=C(C)CCCC(C)CCC=C(C)C. The lowest BCUT2D eigenvalue weighted by atomic mass is 9.97. The number of allylic oxidation sites excluding steroid dienone is 18. The van der Waals surface area contributed by atoms with Crippen molar-refractivity contribution in [3.8, 4) is 0 Å². The Balaban J connectivity index is 4.32. The highest BCUT2D eigenvalue weighted by atomic mass is 14.1. The predicted molar refractivity (Wildman–Crippen MR) is 186 cm³/mol. The lowest BCUT2D eigenvalue weighted by Crippen LogP contribution is -1.94. The van der Waals surface area contributed by atoms with Gasteiger partial charge in [0.15, 0.2) is 0 Å². The summed E-state index contributed by atoms with van der Waals surface area (Å²) in [4.78, 5) is 0. The van der Waals surface area contributed by atoms with E-state index in [9.17, 15) is 0 Å². The molecule has 1 unspecified atom stereocenters. The summed E-state index contributed by atoms with van der Waals surface area (Å²) in [6.07, 6.45) is 38.3. The van der Waals surface area contributed by atoms with Crippen LogP contribution in [0.2, 0.25) is 0 Å². The van der Waals surface area contributed by atoms with Crippen molar-refractivity contribution in [3.63, 3.8) is 0 Å². The second-order valence-corrected chi connectivity index (χ2v) is 12.5. The van der Waals surface area contributed by atoms with Crippen LogP contribution in [0.15, 0.2) is 106 Å². The number of hydrogen-bond acceptors (Lipinski definition) is 0. The monoisotopic (exact) mass is 545 g/mol. The molecule has 0 aliphatic heterocycles. The number of rotatable bonds is 20. The molecule has 0 spiro atoms. The minimum absolute atomic E-state index is 0.818. The maximum absolute atomic E-state index is 2.42. The molecular weight excluding hydrogens is 480 g/mol. The summed E-state index contributed by atoms with van der Waals surface area (Å²) in [6.45, 7) is 22.3. The van der Waals surface area contributed by atoms with Gasteiger partial charge in [0.1, 0.15) is 0 Å². The van der Waals surface area contributed by atoms with E-state index in [1.807, 2.05) is 0 Å². The van der Waals surface area contributed by atoms with Gasteiger partial charge >= 0.3 is 0 Å². The lowest BCUT2D eigenvalue weighted by Gasteiger charge is -2.09. The van der Waals surface area contributed by atoms with Gasteiger partial charge in [0.05, 0.1) is 0 Å². The van der Waals surface area contributed by atoms with Crippen molar-refractivity contribution in [1.82, 2.24) is 0 Å². The quantitative estimate of drug-likeness (QED) is 0.106. The summed E-state index contributed by atoms with van der Waals surface area (Å²) >= 11 is 0. The Morgan fingerprint density at radius 1 is 0.475 bits per heavy atom. The molecule has 1 atom stereocenters. The molecule has 0 aromatic heterocycles. The Kier molecular flexibility index (Phi) is 23.0. The van der Waals surface area contributed by atoms with E-state index in [2.05, 4.69) is 136 Å². The number of hydrogen-bond donors (Lipinski definition) is 0. The molecule has 0 fully saturated rings. The Hall–Kier alpha value is -2.34. The minimum Gasteiger partial charge on any atom is -0.0859 e. The second-order valence-electron chi connectivity index (χ2n) is 12.5. The standard InChI is InChI=1S/C40H64/c1-33(2)19-13-23-37(7)27-17-31-39(9)29-15-25-35(5)21-11-12-22-36(6)26-16-30-40(10)32-18-28-38(8)24-14-20-34(3)4/h11-12,15,19-22,25,28-30,37H,13-14,16-18,23-24,26-27,31-32H2,1-10H3. The smallest absolute Gasteiger partial charge is 0.0285 e. The third kappa shape index (κ3) is 25.9. The molecule has 0 aliphatic rings. The molecule has 0 amide bonds. The summed E-state index contributed by atoms with van der Waals surface area (Å²) in [7, 11) is 0. The molecule has 0 aromatic carbocycles. The van der Waals surface area contributed by atoms with Crippen molar-refractivity contribution in [1.29, 1.82) is 0 Å². The molecular formula is C40H64. The third-order valence-electron chi connectivity index (χ3n) is 7.23. The molecule has 0 saturated heterocycles. The van der Waals surface area contributed by atoms with Gasteiger partial charge in [-0.05, 0) is 132 Å². The first kappa shape index (κ1) is 37.7. The van der Waals surface area contributed by atoms with Gasteiger partial charge in [-0.2, -0.15) is 0 Å². The molecule has 0 saturated carbocycles. The van der Waals surface area contributed by atoms with Crippen LogP contribution in [0, 0.1) is 5.92 Å². The fourth-order valence-corrected chi connectivity index (χ4v) is 4.43. The van der Waals surface area contributed by atoms with E-state index >= 15 is 0 Å². The van der Waals surface area contributed by atoms with E-state index in [0.717, 1.165) is 25.2 Å². The zero-order valence-electron chi connectivity index (χ0n) is 28.2. The molecule has 0 heteroatoms. The fourth-order valence-electron chi connectivity index (χ4n) is 4.43. The summed E-state index contributed by atoms with van der Waals surface area (Å²) in [6, 6.07) is 0. The lowest BCUT2D eigenvalue weighted by molar-refractivity contribution is 0.478. The molecule has 0 N–H and O–H groups in total. The second kappa shape index (κ2) is 24.5. The van der Waals surface area contributed by atoms with Gasteiger partial charge in [-0.1, -0.05) is 119 Å². The van der Waals surface area contributed by atoms with Crippen LogP contribution < -0.4 is 0 Å². The first-order chi connectivity index (χ1) is 19.0. The van der Waals surface area contributed by atoms with Crippen LogP contribution in [-0.4, -0.2) is 0 Å². The molecule has 40 heavy (non-hydrogen) atoms. The summed E-state index contributed by atoms with van der Waals surface area (Å²) in [5.74, 6) is 0.818. The normalized spacial score (nSPS) is 14.8. The maximum atomic E-state index is 2.42. The Morgan fingerprint density at radius 2 is 0.950 bits per heavy atom. The van der Waals surface area contributed by atoms with Crippen molar-refractivity contribution in [2.45, 2.75) is 140 Å². The third-order valence-corrected chi connectivity index (χ3v) is 7.23. The average Bonchev–Trinajstić information content (AvgIpc) is 2.86. The van der Waals surface area contributed by atoms with Crippen LogP contribution in [0.3, 0.4) is 0 Å². The zero-order valence-corrected chi connectivity index (χ0v) is 28.2. The topological polar surface area (TPSA) is 0 Å². The first-order valence-corrected chi connectivity index (χ1v) is 15.9. The maximum Gasteiger partial charge on any atom is -0.0285 e. The first-order valence-electron chi connectivity index (χ1n) is 15.9. The van der Waals surface area contributed by atoms with E-state index in [0.29, 0.717) is 0 Å². The van der Waals surface area contributed by atoms with Gasteiger partial charge < -0.3 is 0 Å². The molecule has 0 rings (SSSR count). The van der Waals surface area contributed by atoms with Crippen LogP contribution in [0.1, 0.15) is 140 Å². The molecule has 0 radical (unpaired) electrons. The predicted octanol–water partition coefficient (Wildman–Crippen LogP) is 13.7. The van der Waals surface area contributed by atoms with Gasteiger partial charge in [-0.15, -0.1) is 0 Å². The highest BCUT2D eigenvalue weighted by Crippen LogP contribution is 2.18. The van der Waals surface area contributed by atoms with Crippen LogP contribution in [-0.2, 0) is 0 Å². The largest absolute Gasteiger partial charge is 0.0859 e. The Labute approximate surface area is 251 Å². The van der Waals surface area contributed by atoms with Crippen LogP contribution in [0.25, 0.3) is 0 Å². The molecule has 0 nitrogen and oxygen atoms in total. The molecule has 224 valence electrons. The van der Waals surface area contributed by atoms with Crippen molar-refractivity contribution in [2.75, 3.05) is 0 Å². The van der Waals surface area contributed by atoms with Gasteiger partial charge in [0.2, 0.25) is 0 Å². The minimum atomic E-state index is 0.818. The van der Waals surface area contributed by atoms with Crippen molar-refractivity contribution < 1.29 is 0 Å². The van der Waals surface area contributed by atoms with E-state index in [-0.39, 0.29) is 0 Å². The van der Waals surface area contributed by atoms with E-state index < -0.39 is 0 Å². The zero-order chi connectivity index (χ0) is 30.2. The van der Waals surface area contributed by atoms with Crippen molar-refractivity contribution >= 4 is 0 Å². The molecule has 0 aromatic rings. The fraction of sp³-hybridized carbons (Fsp3) is 0.550. The van der Waals surface area contributed by atoms with E-state index in [1.54, 1.807) is 0 Å². The molecule has 0 bridgehead atoms. The van der Waals surface area contributed by atoms with E-state index in [1.165, 1.54) is 90.4 Å². The van der Waals surface area contributed by atoms with Gasteiger partial charge in [0, 0.05) is 0 Å². The Bertz CT molecular complexity index is 954. The Morgan fingerprint density at radius 3 is 1.55 bits per heavy atom. The summed E-state index contributed by atoms with van der Waals surface area (Å²) in [5, 5.41) is 0. The van der Waals surface area contributed by atoms with E-state index in [4.69, 9.17) is 0 Å². The van der Waals surface area contributed by atoms with Gasteiger partial charge in [0.25, 0.3) is 0 Å². The molecule has 0 heterocycles. The van der Waals surface area contributed by atoms with Crippen LogP contribution >= 0.6 is 0 Å². The summed E-state index contributed by atoms with van der Waals surface area (Å²) in [5.41, 5.74) is 10.1. The molecule has 0 aliphatic carbocycles. The van der Waals surface area contributed by atoms with Gasteiger partial charge in [-0.25, -0.2) is 0 Å². The van der Waals surface area contributed by atoms with Crippen LogP contribution in [0.4, 0.5) is 0 Å².